The minimum Gasteiger partial charge on any atom is -0.465 e. The van der Waals surface area contributed by atoms with Gasteiger partial charge in [-0.05, 0) is 25.7 Å². The molecule has 0 aromatic rings. The molecule has 0 radical (unpaired) electrons. The molecule has 5 nitrogen and oxygen atoms in total. The third-order valence-electron chi connectivity index (χ3n) is 4.05. The van der Waals surface area contributed by atoms with Gasteiger partial charge in [0.05, 0.1) is 25.2 Å². The lowest BCUT2D eigenvalue weighted by atomic mass is 9.86. The van der Waals surface area contributed by atoms with E-state index in [9.17, 15) is 4.79 Å². The molecule has 0 spiro atoms. The number of rotatable bonds is 6. The smallest absolute Gasteiger partial charge is 0.309 e. The fourth-order valence-corrected chi connectivity index (χ4v) is 2.91. The molecule has 0 amide bonds. The SMILES string of the molecule is C=CC[C@@H]1C(=O)OCC[C@H]1/C=N/N1CCC[C@H]1COC. The largest absolute Gasteiger partial charge is 0.465 e. The van der Waals surface area contributed by atoms with Gasteiger partial charge in [0.25, 0.3) is 0 Å². The zero-order valence-corrected chi connectivity index (χ0v) is 12.2. The third kappa shape index (κ3) is 3.60. The number of cyclic esters (lactones) is 1. The Morgan fingerprint density at radius 1 is 1.55 bits per heavy atom. The summed E-state index contributed by atoms with van der Waals surface area (Å²) in [6, 6.07) is 0.365. The topological polar surface area (TPSA) is 51.1 Å². The number of nitrogens with zero attached hydrogens (tertiary/aromatic N) is 2. The van der Waals surface area contributed by atoms with E-state index in [1.165, 1.54) is 0 Å². The molecule has 2 saturated heterocycles. The van der Waals surface area contributed by atoms with Crippen molar-refractivity contribution in [3.8, 4) is 0 Å². The summed E-state index contributed by atoms with van der Waals surface area (Å²) in [6.07, 6.45) is 7.47. The maximum Gasteiger partial charge on any atom is 0.309 e. The van der Waals surface area contributed by atoms with E-state index in [1.54, 1.807) is 13.2 Å². The zero-order chi connectivity index (χ0) is 14.4. The van der Waals surface area contributed by atoms with Crippen molar-refractivity contribution in [2.24, 2.45) is 16.9 Å². The van der Waals surface area contributed by atoms with Gasteiger partial charge in [0.15, 0.2) is 0 Å². The van der Waals surface area contributed by atoms with E-state index in [1.807, 2.05) is 6.21 Å². The Hall–Kier alpha value is -1.36. The second-order valence-corrected chi connectivity index (χ2v) is 5.43. The molecule has 5 heteroatoms. The number of methoxy groups -OCH3 is 1. The lowest BCUT2D eigenvalue weighted by Gasteiger charge is -2.28. The van der Waals surface area contributed by atoms with Gasteiger partial charge in [0.2, 0.25) is 0 Å². The number of hydrazone groups is 1. The molecule has 2 aliphatic rings. The average Bonchev–Trinajstić information content (AvgIpc) is 2.87. The van der Waals surface area contributed by atoms with E-state index in [0.29, 0.717) is 25.7 Å². The van der Waals surface area contributed by atoms with Crippen molar-refractivity contribution < 1.29 is 14.3 Å². The molecule has 2 aliphatic heterocycles. The number of carbonyl (C=O) groups excluding carboxylic acids is 1. The van der Waals surface area contributed by atoms with Crippen LogP contribution in [0.2, 0.25) is 0 Å². The number of ether oxygens (including phenoxy) is 2. The predicted molar refractivity (Wildman–Crippen MR) is 77.5 cm³/mol. The van der Waals surface area contributed by atoms with Crippen LogP contribution in [0.4, 0.5) is 0 Å². The number of carbonyl (C=O) groups is 1. The highest BCUT2D eigenvalue weighted by molar-refractivity contribution is 5.79. The standard InChI is InChI=1S/C15H24N2O3/c1-3-5-14-12(7-9-20-15(14)18)10-16-17-8-4-6-13(17)11-19-2/h3,10,12-14H,1,4-9,11H2,2H3/b16-10+/t12-,13-,14-/m0/s1. The molecule has 20 heavy (non-hydrogen) atoms. The van der Waals surface area contributed by atoms with Gasteiger partial charge < -0.3 is 9.47 Å². The third-order valence-corrected chi connectivity index (χ3v) is 4.05. The molecule has 112 valence electrons. The molecule has 0 unspecified atom stereocenters. The van der Waals surface area contributed by atoms with Crippen LogP contribution < -0.4 is 0 Å². The summed E-state index contributed by atoms with van der Waals surface area (Å²) in [4.78, 5) is 11.8. The van der Waals surface area contributed by atoms with E-state index in [4.69, 9.17) is 9.47 Å². The summed E-state index contributed by atoms with van der Waals surface area (Å²) in [7, 11) is 1.72. The van der Waals surface area contributed by atoms with Crippen LogP contribution in [0.25, 0.3) is 0 Å². The Morgan fingerprint density at radius 3 is 3.15 bits per heavy atom. The van der Waals surface area contributed by atoms with Crippen molar-refractivity contribution in [1.29, 1.82) is 0 Å². The van der Waals surface area contributed by atoms with Gasteiger partial charge in [-0.25, -0.2) is 0 Å². The Kier molecular flexibility index (Phi) is 5.59. The van der Waals surface area contributed by atoms with Crippen molar-refractivity contribution in [2.75, 3.05) is 26.9 Å². The van der Waals surface area contributed by atoms with Gasteiger partial charge in [-0.3, -0.25) is 9.80 Å². The predicted octanol–water partition coefficient (Wildman–Crippen LogP) is 1.84. The quantitative estimate of drug-likeness (QED) is 0.423. The van der Waals surface area contributed by atoms with Crippen molar-refractivity contribution in [2.45, 2.75) is 31.7 Å². The van der Waals surface area contributed by atoms with Crippen LogP contribution in [0.1, 0.15) is 25.7 Å². The molecule has 2 fully saturated rings. The molecule has 0 aliphatic carbocycles. The van der Waals surface area contributed by atoms with Crippen LogP contribution in [0.5, 0.6) is 0 Å². The first-order valence-corrected chi connectivity index (χ1v) is 7.33. The summed E-state index contributed by atoms with van der Waals surface area (Å²) < 4.78 is 10.3. The van der Waals surface area contributed by atoms with Crippen molar-refractivity contribution in [3.05, 3.63) is 12.7 Å². The molecule has 2 heterocycles. The number of esters is 1. The summed E-state index contributed by atoms with van der Waals surface area (Å²) in [6.45, 7) is 5.88. The van der Waals surface area contributed by atoms with Gasteiger partial charge in [-0.15, -0.1) is 6.58 Å². The zero-order valence-electron chi connectivity index (χ0n) is 12.2. The number of hydrogen-bond donors (Lipinski definition) is 0. The first-order chi connectivity index (χ1) is 9.76. The Bertz CT molecular complexity index is 370. The van der Waals surface area contributed by atoms with Gasteiger partial charge in [-0.2, -0.15) is 5.10 Å². The maximum atomic E-state index is 11.8. The molecule has 0 saturated carbocycles. The fraction of sp³-hybridized carbons (Fsp3) is 0.733. The van der Waals surface area contributed by atoms with Crippen molar-refractivity contribution >= 4 is 12.2 Å². The van der Waals surface area contributed by atoms with Crippen LogP contribution >= 0.6 is 0 Å². The molecule has 2 rings (SSSR count). The second kappa shape index (κ2) is 7.43. The first-order valence-electron chi connectivity index (χ1n) is 7.33. The maximum absolute atomic E-state index is 11.8. The Labute approximate surface area is 120 Å². The van der Waals surface area contributed by atoms with E-state index >= 15 is 0 Å². The fourth-order valence-electron chi connectivity index (χ4n) is 2.91. The van der Waals surface area contributed by atoms with Crippen molar-refractivity contribution in [1.82, 2.24) is 5.01 Å². The molecular formula is C15H24N2O3. The van der Waals surface area contributed by atoms with Crippen molar-refractivity contribution in [3.63, 3.8) is 0 Å². The van der Waals surface area contributed by atoms with Gasteiger partial charge in [-0.1, -0.05) is 6.08 Å². The Morgan fingerprint density at radius 2 is 2.40 bits per heavy atom. The first kappa shape index (κ1) is 15.0. The monoisotopic (exact) mass is 280 g/mol. The van der Waals surface area contributed by atoms with Crippen LogP contribution in [0.15, 0.2) is 17.8 Å². The summed E-state index contributed by atoms with van der Waals surface area (Å²) in [5.41, 5.74) is 0. The van der Waals surface area contributed by atoms with Crippen LogP contribution in [0, 0.1) is 11.8 Å². The van der Waals surface area contributed by atoms with E-state index < -0.39 is 0 Å². The van der Waals surface area contributed by atoms with Crippen LogP contribution in [0.3, 0.4) is 0 Å². The van der Waals surface area contributed by atoms with E-state index in [0.717, 1.165) is 25.8 Å². The van der Waals surface area contributed by atoms with Gasteiger partial charge >= 0.3 is 5.97 Å². The lowest BCUT2D eigenvalue weighted by Crippen LogP contribution is -2.34. The summed E-state index contributed by atoms with van der Waals surface area (Å²) in [5.74, 6) is -0.103. The molecule has 0 N–H and O–H groups in total. The lowest BCUT2D eigenvalue weighted by molar-refractivity contribution is -0.154. The van der Waals surface area contributed by atoms with E-state index in [2.05, 4.69) is 16.7 Å². The second-order valence-electron chi connectivity index (χ2n) is 5.43. The molecule has 3 atom stereocenters. The van der Waals surface area contributed by atoms with Gasteiger partial charge in [0.1, 0.15) is 0 Å². The summed E-state index contributed by atoms with van der Waals surface area (Å²) in [5, 5.41) is 6.69. The highest BCUT2D eigenvalue weighted by Crippen LogP contribution is 2.26. The number of allylic oxidation sites excluding steroid dienone is 1. The number of hydrogen-bond acceptors (Lipinski definition) is 5. The minimum absolute atomic E-state index is 0.123. The molecule has 0 aromatic carbocycles. The van der Waals surface area contributed by atoms with Crippen LogP contribution in [-0.4, -0.2) is 50.1 Å². The summed E-state index contributed by atoms with van der Waals surface area (Å²) >= 11 is 0. The highest BCUT2D eigenvalue weighted by Gasteiger charge is 2.32. The molecule has 0 aromatic heterocycles. The normalized spacial score (nSPS) is 30.8. The van der Waals surface area contributed by atoms with E-state index in [-0.39, 0.29) is 17.8 Å². The highest BCUT2D eigenvalue weighted by atomic mass is 16.5. The van der Waals surface area contributed by atoms with Crippen LogP contribution in [-0.2, 0) is 14.3 Å². The molecule has 0 bridgehead atoms. The minimum atomic E-state index is -0.131. The molecular weight excluding hydrogens is 256 g/mol. The average molecular weight is 280 g/mol. The van der Waals surface area contributed by atoms with Gasteiger partial charge in [0, 0.05) is 25.8 Å². The Balaban J connectivity index is 1.97.